The maximum absolute atomic E-state index is 5.76. The number of hydrogen-bond acceptors (Lipinski definition) is 1. The molecule has 0 saturated heterocycles. The zero-order chi connectivity index (χ0) is 17.2. The standard InChI is InChI=1S/C22H43N/c1-4-5-6-7-8-9-10-11-12-13-14-15-16-17-18-19-20-22(2,3)21-23/h8-9,11-12H,4-7,10,13-21,23H2,1-3H3. The van der Waals surface area contributed by atoms with Gasteiger partial charge in [0.15, 0.2) is 0 Å². The maximum atomic E-state index is 5.76. The highest BCUT2D eigenvalue weighted by Gasteiger charge is 2.13. The molecule has 0 aliphatic rings. The molecule has 0 aromatic heterocycles. The van der Waals surface area contributed by atoms with Crippen LogP contribution in [-0.4, -0.2) is 6.54 Å². The van der Waals surface area contributed by atoms with E-state index in [1.54, 1.807) is 0 Å². The van der Waals surface area contributed by atoms with E-state index in [4.69, 9.17) is 5.73 Å². The van der Waals surface area contributed by atoms with Crippen molar-refractivity contribution in [3.63, 3.8) is 0 Å². The van der Waals surface area contributed by atoms with Gasteiger partial charge >= 0.3 is 0 Å². The van der Waals surface area contributed by atoms with Gasteiger partial charge in [-0.3, -0.25) is 0 Å². The van der Waals surface area contributed by atoms with Gasteiger partial charge in [0.2, 0.25) is 0 Å². The summed E-state index contributed by atoms with van der Waals surface area (Å²) in [7, 11) is 0. The predicted molar refractivity (Wildman–Crippen MR) is 107 cm³/mol. The minimum absolute atomic E-state index is 0.343. The lowest BCUT2D eigenvalue weighted by Gasteiger charge is -2.21. The second kappa shape index (κ2) is 16.3. The van der Waals surface area contributed by atoms with Crippen molar-refractivity contribution in [2.45, 2.75) is 104 Å². The van der Waals surface area contributed by atoms with Crippen molar-refractivity contribution in [2.24, 2.45) is 11.1 Å². The molecular formula is C22H43N. The molecule has 0 aromatic carbocycles. The van der Waals surface area contributed by atoms with Crippen LogP contribution in [0.5, 0.6) is 0 Å². The minimum atomic E-state index is 0.343. The summed E-state index contributed by atoms with van der Waals surface area (Å²) in [6.07, 6.45) is 26.5. The van der Waals surface area contributed by atoms with E-state index in [0.29, 0.717) is 5.41 Å². The van der Waals surface area contributed by atoms with Crippen molar-refractivity contribution >= 4 is 0 Å². The number of unbranched alkanes of at least 4 members (excludes halogenated alkanes) is 9. The van der Waals surface area contributed by atoms with Crippen LogP contribution in [0.1, 0.15) is 104 Å². The molecule has 0 atom stereocenters. The Kier molecular flexibility index (Phi) is 15.9. The Morgan fingerprint density at radius 2 is 1.22 bits per heavy atom. The van der Waals surface area contributed by atoms with Gasteiger partial charge in [0.1, 0.15) is 0 Å². The molecule has 0 fully saturated rings. The Labute approximate surface area is 146 Å². The van der Waals surface area contributed by atoms with E-state index < -0.39 is 0 Å². The monoisotopic (exact) mass is 321 g/mol. The zero-order valence-electron chi connectivity index (χ0n) is 16.3. The molecule has 23 heavy (non-hydrogen) atoms. The quantitative estimate of drug-likeness (QED) is 0.236. The number of rotatable bonds is 16. The summed E-state index contributed by atoms with van der Waals surface area (Å²) in [4.78, 5) is 0. The maximum Gasteiger partial charge on any atom is -0.00258 e. The molecule has 1 nitrogen and oxygen atoms in total. The van der Waals surface area contributed by atoms with E-state index >= 15 is 0 Å². The van der Waals surface area contributed by atoms with Gasteiger partial charge in [-0.25, -0.2) is 0 Å². The third-order valence-corrected chi connectivity index (χ3v) is 4.61. The molecule has 0 rings (SSSR count). The van der Waals surface area contributed by atoms with Gasteiger partial charge in [0.25, 0.3) is 0 Å². The summed E-state index contributed by atoms with van der Waals surface area (Å²) in [6, 6.07) is 0. The second-order valence-electron chi connectivity index (χ2n) is 7.70. The molecular weight excluding hydrogens is 278 g/mol. The van der Waals surface area contributed by atoms with Crippen LogP contribution in [0, 0.1) is 5.41 Å². The highest BCUT2D eigenvalue weighted by atomic mass is 14.6. The number of nitrogens with two attached hydrogens (primary N) is 1. The average Bonchev–Trinajstić information content (AvgIpc) is 2.54. The van der Waals surface area contributed by atoms with Crippen molar-refractivity contribution in [3.8, 4) is 0 Å². The van der Waals surface area contributed by atoms with Gasteiger partial charge in [-0.2, -0.15) is 0 Å². The van der Waals surface area contributed by atoms with Crippen LogP contribution < -0.4 is 5.73 Å². The normalized spacial score (nSPS) is 12.7. The van der Waals surface area contributed by atoms with Gasteiger partial charge in [-0.1, -0.05) is 90.0 Å². The lowest BCUT2D eigenvalue weighted by atomic mass is 9.87. The highest BCUT2D eigenvalue weighted by molar-refractivity contribution is 4.92. The van der Waals surface area contributed by atoms with Gasteiger partial charge in [0, 0.05) is 0 Å². The fourth-order valence-corrected chi connectivity index (χ4v) is 2.69. The fraction of sp³-hybridized carbons (Fsp3) is 0.818. The Balaban J connectivity index is 3.25. The molecule has 0 unspecified atom stereocenters. The molecule has 136 valence electrons. The van der Waals surface area contributed by atoms with E-state index in [1.807, 2.05) is 0 Å². The largest absolute Gasteiger partial charge is 0.330 e. The molecule has 0 heterocycles. The first-order valence-corrected chi connectivity index (χ1v) is 10.1. The topological polar surface area (TPSA) is 26.0 Å². The lowest BCUT2D eigenvalue weighted by Crippen LogP contribution is -2.23. The van der Waals surface area contributed by atoms with Crippen molar-refractivity contribution in [3.05, 3.63) is 24.3 Å². The summed E-state index contributed by atoms with van der Waals surface area (Å²) in [6.45, 7) is 7.63. The summed E-state index contributed by atoms with van der Waals surface area (Å²) in [5, 5.41) is 0. The molecule has 1 heteroatoms. The molecule has 0 spiro atoms. The van der Waals surface area contributed by atoms with Crippen LogP contribution in [0.25, 0.3) is 0 Å². The Bertz CT molecular complexity index is 288. The first-order chi connectivity index (χ1) is 11.1. The Hall–Kier alpha value is -0.560. The van der Waals surface area contributed by atoms with E-state index in [-0.39, 0.29) is 0 Å². The van der Waals surface area contributed by atoms with Crippen molar-refractivity contribution < 1.29 is 0 Å². The summed E-state index contributed by atoms with van der Waals surface area (Å²) in [5.74, 6) is 0. The summed E-state index contributed by atoms with van der Waals surface area (Å²) < 4.78 is 0. The van der Waals surface area contributed by atoms with Crippen LogP contribution in [0.4, 0.5) is 0 Å². The van der Waals surface area contributed by atoms with E-state index in [1.165, 1.54) is 77.0 Å². The van der Waals surface area contributed by atoms with Crippen LogP contribution in [0.2, 0.25) is 0 Å². The fourth-order valence-electron chi connectivity index (χ4n) is 2.69. The van der Waals surface area contributed by atoms with Crippen molar-refractivity contribution in [2.75, 3.05) is 6.54 Å². The van der Waals surface area contributed by atoms with Gasteiger partial charge in [-0.15, -0.1) is 0 Å². The summed E-state index contributed by atoms with van der Waals surface area (Å²) >= 11 is 0. The Morgan fingerprint density at radius 1 is 0.696 bits per heavy atom. The molecule has 0 aliphatic carbocycles. The van der Waals surface area contributed by atoms with Crippen LogP contribution >= 0.6 is 0 Å². The minimum Gasteiger partial charge on any atom is -0.330 e. The molecule has 0 aromatic rings. The van der Waals surface area contributed by atoms with Gasteiger partial charge in [-0.05, 0) is 50.5 Å². The van der Waals surface area contributed by atoms with Crippen LogP contribution in [0.3, 0.4) is 0 Å². The van der Waals surface area contributed by atoms with E-state index in [2.05, 4.69) is 45.1 Å². The van der Waals surface area contributed by atoms with Crippen LogP contribution in [-0.2, 0) is 0 Å². The number of hydrogen-bond donors (Lipinski definition) is 1. The third-order valence-electron chi connectivity index (χ3n) is 4.61. The van der Waals surface area contributed by atoms with Gasteiger partial charge < -0.3 is 5.73 Å². The van der Waals surface area contributed by atoms with E-state index in [9.17, 15) is 0 Å². The molecule has 0 radical (unpaired) electrons. The molecule has 0 bridgehead atoms. The molecule has 0 saturated carbocycles. The molecule has 0 amide bonds. The first kappa shape index (κ1) is 22.4. The molecule has 0 aliphatic heterocycles. The van der Waals surface area contributed by atoms with Gasteiger partial charge in [0.05, 0.1) is 0 Å². The van der Waals surface area contributed by atoms with Crippen molar-refractivity contribution in [1.29, 1.82) is 0 Å². The molecule has 2 N–H and O–H groups in total. The lowest BCUT2D eigenvalue weighted by molar-refractivity contribution is 0.330. The van der Waals surface area contributed by atoms with Crippen molar-refractivity contribution in [1.82, 2.24) is 0 Å². The second-order valence-corrected chi connectivity index (χ2v) is 7.70. The predicted octanol–water partition coefficient (Wildman–Crippen LogP) is 7.17. The van der Waals surface area contributed by atoms with E-state index in [0.717, 1.165) is 13.0 Å². The Morgan fingerprint density at radius 3 is 1.78 bits per heavy atom. The smallest absolute Gasteiger partial charge is 0.00258 e. The number of allylic oxidation sites excluding steroid dienone is 4. The van der Waals surface area contributed by atoms with Crippen LogP contribution in [0.15, 0.2) is 24.3 Å². The summed E-state index contributed by atoms with van der Waals surface area (Å²) in [5.41, 5.74) is 6.10. The average molecular weight is 322 g/mol. The SMILES string of the molecule is CCCCCC=CCC=CCCCCCCCCC(C)(C)CN. The third kappa shape index (κ3) is 17.6. The highest BCUT2D eigenvalue weighted by Crippen LogP contribution is 2.22. The first-order valence-electron chi connectivity index (χ1n) is 10.1. The zero-order valence-corrected chi connectivity index (χ0v) is 16.3.